The van der Waals surface area contributed by atoms with Crippen molar-refractivity contribution < 1.29 is 9.26 Å². The second-order valence-corrected chi connectivity index (χ2v) is 8.97. The summed E-state index contributed by atoms with van der Waals surface area (Å²) in [4.78, 5) is 9.12. The maximum Gasteiger partial charge on any atom is 0.263 e. The third kappa shape index (κ3) is 4.92. The monoisotopic (exact) mass is 427 g/mol. The van der Waals surface area contributed by atoms with Gasteiger partial charge in [-0.15, -0.1) is 0 Å². The molecule has 2 fully saturated rings. The van der Waals surface area contributed by atoms with E-state index in [0.717, 1.165) is 37.1 Å². The first-order chi connectivity index (χ1) is 14.9. The molecule has 2 aromatic heterocycles. The van der Waals surface area contributed by atoms with Crippen LogP contribution < -0.4 is 21.6 Å². The molecule has 9 heteroatoms. The standard InChI is InChI=1S/C22H33N7O2/c1-14-18(30-15-7-5-4-6-8-15)10-9-16(26-14)19(23)17(29(3)24)13-25-21-27-20(31-28-21)22(2)11-12-22/h9-10,15H,4-8,11-13,23-24H2,1-3H3,(H,25,28)/b19-17-. The van der Waals surface area contributed by atoms with Gasteiger partial charge < -0.3 is 25.3 Å². The van der Waals surface area contributed by atoms with Crippen LogP contribution in [0.5, 0.6) is 5.75 Å². The smallest absolute Gasteiger partial charge is 0.263 e. The largest absolute Gasteiger partial charge is 0.489 e. The minimum atomic E-state index is 0.0260. The molecule has 2 aliphatic carbocycles. The summed E-state index contributed by atoms with van der Waals surface area (Å²) < 4.78 is 11.6. The Hall–Kier alpha value is -2.81. The number of nitrogens with one attached hydrogen (secondary N) is 1. The topological polar surface area (TPSA) is 128 Å². The number of aryl methyl sites for hydroxylation is 1. The molecular weight excluding hydrogens is 394 g/mol. The summed E-state index contributed by atoms with van der Waals surface area (Å²) in [7, 11) is 1.74. The van der Waals surface area contributed by atoms with Gasteiger partial charge in [-0.05, 0) is 62.7 Å². The van der Waals surface area contributed by atoms with Crippen LogP contribution in [0.3, 0.4) is 0 Å². The molecular formula is C22H33N7O2. The fourth-order valence-corrected chi connectivity index (χ4v) is 3.85. The van der Waals surface area contributed by atoms with Crippen molar-refractivity contribution in [3.8, 4) is 5.75 Å². The van der Waals surface area contributed by atoms with E-state index in [4.69, 9.17) is 20.8 Å². The zero-order chi connectivity index (χ0) is 22.0. The van der Waals surface area contributed by atoms with E-state index < -0.39 is 0 Å². The molecule has 2 heterocycles. The molecule has 2 aromatic rings. The Morgan fingerprint density at radius 2 is 2.00 bits per heavy atom. The first kappa shape index (κ1) is 21.4. The average Bonchev–Trinajstić information content (AvgIpc) is 3.31. The average molecular weight is 428 g/mol. The zero-order valence-corrected chi connectivity index (χ0v) is 18.6. The Kier molecular flexibility index (Phi) is 6.04. The lowest BCUT2D eigenvalue weighted by molar-refractivity contribution is 0.153. The molecule has 0 saturated heterocycles. The van der Waals surface area contributed by atoms with Crippen LogP contribution in [0.1, 0.15) is 69.1 Å². The normalized spacial score (nSPS) is 19.0. The predicted octanol–water partition coefficient (Wildman–Crippen LogP) is 3.08. The van der Waals surface area contributed by atoms with Crippen molar-refractivity contribution in [3.63, 3.8) is 0 Å². The van der Waals surface area contributed by atoms with Gasteiger partial charge in [-0.1, -0.05) is 13.3 Å². The number of nitrogens with zero attached hydrogens (tertiary/aromatic N) is 4. The van der Waals surface area contributed by atoms with Gasteiger partial charge in [0.05, 0.1) is 35.4 Å². The third-order valence-corrected chi connectivity index (χ3v) is 6.25. The van der Waals surface area contributed by atoms with E-state index in [1.54, 1.807) is 7.05 Å². The van der Waals surface area contributed by atoms with Crippen LogP contribution in [0.25, 0.3) is 5.70 Å². The number of nitrogens with two attached hydrogens (primary N) is 2. The van der Waals surface area contributed by atoms with Gasteiger partial charge in [0.1, 0.15) is 5.75 Å². The van der Waals surface area contributed by atoms with Crippen molar-refractivity contribution in [2.24, 2.45) is 11.6 Å². The highest BCUT2D eigenvalue weighted by atomic mass is 16.5. The summed E-state index contributed by atoms with van der Waals surface area (Å²) >= 11 is 0. The summed E-state index contributed by atoms with van der Waals surface area (Å²) in [6.07, 6.45) is 8.39. The minimum Gasteiger partial charge on any atom is -0.489 e. The van der Waals surface area contributed by atoms with Crippen LogP contribution in [0.15, 0.2) is 22.4 Å². The summed E-state index contributed by atoms with van der Waals surface area (Å²) in [5.41, 5.74) is 9.11. The fourth-order valence-electron chi connectivity index (χ4n) is 3.85. The van der Waals surface area contributed by atoms with Crippen molar-refractivity contribution in [1.29, 1.82) is 0 Å². The highest BCUT2D eigenvalue weighted by Gasteiger charge is 2.44. The Balaban J connectivity index is 1.46. The van der Waals surface area contributed by atoms with E-state index in [0.29, 0.717) is 35.5 Å². The number of pyridine rings is 1. The molecule has 0 unspecified atom stereocenters. The predicted molar refractivity (Wildman–Crippen MR) is 119 cm³/mol. The first-order valence-corrected chi connectivity index (χ1v) is 11.1. The molecule has 0 aromatic carbocycles. The highest BCUT2D eigenvalue weighted by Crippen LogP contribution is 2.46. The number of likely N-dealkylation sites (N-methyl/N-ethyl adjacent to an activating group) is 1. The van der Waals surface area contributed by atoms with Gasteiger partial charge in [0.15, 0.2) is 0 Å². The van der Waals surface area contributed by atoms with Crippen LogP contribution in [0.4, 0.5) is 5.95 Å². The number of ether oxygens (including phenoxy) is 1. The summed E-state index contributed by atoms with van der Waals surface area (Å²) in [6.45, 7) is 4.41. The van der Waals surface area contributed by atoms with Crippen molar-refractivity contribution >= 4 is 11.6 Å². The molecule has 2 saturated carbocycles. The van der Waals surface area contributed by atoms with Gasteiger partial charge in [-0.25, -0.2) is 10.8 Å². The molecule has 9 nitrogen and oxygen atoms in total. The number of hydrazine groups is 1. The van der Waals surface area contributed by atoms with Gasteiger partial charge in [0.25, 0.3) is 5.95 Å². The first-order valence-electron chi connectivity index (χ1n) is 11.1. The van der Waals surface area contributed by atoms with Crippen molar-refractivity contribution in [2.75, 3.05) is 18.9 Å². The van der Waals surface area contributed by atoms with Crippen LogP contribution in [-0.4, -0.2) is 39.8 Å². The van der Waals surface area contributed by atoms with Gasteiger partial charge in [0.2, 0.25) is 5.89 Å². The van der Waals surface area contributed by atoms with Crippen molar-refractivity contribution in [1.82, 2.24) is 20.1 Å². The van der Waals surface area contributed by atoms with E-state index >= 15 is 0 Å². The second kappa shape index (κ2) is 8.74. The maximum absolute atomic E-state index is 6.44. The molecule has 31 heavy (non-hydrogen) atoms. The Labute approximate surface area is 183 Å². The molecule has 0 bridgehead atoms. The molecule has 168 valence electrons. The Bertz CT molecular complexity index is 943. The van der Waals surface area contributed by atoms with E-state index in [9.17, 15) is 0 Å². The molecule has 0 radical (unpaired) electrons. The van der Waals surface area contributed by atoms with E-state index in [-0.39, 0.29) is 11.5 Å². The fraction of sp³-hybridized carbons (Fsp3) is 0.591. The van der Waals surface area contributed by atoms with Crippen molar-refractivity contribution in [2.45, 2.75) is 70.3 Å². The third-order valence-electron chi connectivity index (χ3n) is 6.25. The lowest BCUT2D eigenvalue weighted by Gasteiger charge is -2.24. The quantitative estimate of drug-likeness (QED) is 0.430. The van der Waals surface area contributed by atoms with Gasteiger partial charge in [-0.3, -0.25) is 0 Å². The summed E-state index contributed by atoms with van der Waals surface area (Å²) in [5.74, 6) is 7.96. The highest BCUT2D eigenvalue weighted by molar-refractivity contribution is 5.64. The van der Waals surface area contributed by atoms with Gasteiger partial charge in [0, 0.05) is 12.5 Å². The lowest BCUT2D eigenvalue weighted by Crippen LogP contribution is -2.32. The molecule has 4 rings (SSSR count). The van der Waals surface area contributed by atoms with Crippen LogP contribution >= 0.6 is 0 Å². The van der Waals surface area contributed by atoms with Gasteiger partial charge >= 0.3 is 0 Å². The Morgan fingerprint density at radius 1 is 1.26 bits per heavy atom. The summed E-state index contributed by atoms with van der Waals surface area (Å²) in [6, 6.07) is 3.83. The number of hydrogen-bond donors (Lipinski definition) is 3. The molecule has 2 aliphatic rings. The SMILES string of the molecule is Cc1nc(/C(N)=C(\CNc2noc(C3(C)CC3)n2)N(C)N)ccc1OC1CCCCC1. The van der Waals surface area contributed by atoms with Crippen molar-refractivity contribution in [3.05, 3.63) is 35.1 Å². The summed E-state index contributed by atoms with van der Waals surface area (Å²) in [5, 5.41) is 8.65. The van der Waals surface area contributed by atoms with Crippen LogP contribution in [-0.2, 0) is 5.41 Å². The Morgan fingerprint density at radius 3 is 2.65 bits per heavy atom. The molecule has 5 N–H and O–H groups in total. The maximum atomic E-state index is 6.44. The molecule has 0 aliphatic heterocycles. The zero-order valence-electron chi connectivity index (χ0n) is 18.6. The minimum absolute atomic E-state index is 0.0260. The van der Waals surface area contributed by atoms with Crippen LogP contribution in [0, 0.1) is 6.92 Å². The lowest BCUT2D eigenvalue weighted by atomic mass is 9.98. The molecule has 0 amide bonds. The van der Waals surface area contributed by atoms with Crippen LogP contribution in [0.2, 0.25) is 0 Å². The van der Waals surface area contributed by atoms with E-state index in [2.05, 4.69) is 27.4 Å². The number of rotatable bonds is 8. The number of anilines is 1. The van der Waals surface area contributed by atoms with E-state index in [1.807, 2.05) is 19.1 Å². The molecule has 0 atom stereocenters. The second-order valence-electron chi connectivity index (χ2n) is 8.97. The number of hydrogen-bond acceptors (Lipinski definition) is 9. The molecule has 0 spiro atoms. The van der Waals surface area contributed by atoms with E-state index in [1.165, 1.54) is 24.3 Å². The van der Waals surface area contributed by atoms with Gasteiger partial charge in [-0.2, -0.15) is 4.98 Å². The number of aromatic nitrogens is 3.